The van der Waals surface area contributed by atoms with E-state index in [0.717, 1.165) is 11.0 Å². The number of anilines is 2. The molecule has 0 saturated heterocycles. The van der Waals surface area contributed by atoms with Gasteiger partial charge in [-0.1, -0.05) is 34.9 Å². The normalized spacial score (nSPS) is 11.1. The predicted molar refractivity (Wildman–Crippen MR) is 78.2 cm³/mol. The van der Waals surface area contributed by atoms with Gasteiger partial charge in [-0.2, -0.15) is 0 Å². The fraction of sp³-hybridized carbons (Fsp3) is 0.385. The third-order valence-corrected chi connectivity index (χ3v) is 2.96. The molecule has 0 atom stereocenters. The molecule has 108 valence electrons. The highest BCUT2D eigenvalue weighted by atomic mass is 79.9. The first-order chi connectivity index (χ1) is 9.54. The van der Waals surface area contributed by atoms with E-state index in [0.29, 0.717) is 18.4 Å². The van der Waals surface area contributed by atoms with Crippen LogP contribution in [0.3, 0.4) is 0 Å². The third-order valence-electron chi connectivity index (χ3n) is 2.47. The van der Waals surface area contributed by atoms with E-state index in [9.17, 15) is 4.39 Å². The topological polar surface area (TPSA) is 63.0 Å². The van der Waals surface area contributed by atoms with E-state index in [1.165, 1.54) is 6.07 Å². The monoisotopic (exact) mass is 342 g/mol. The summed E-state index contributed by atoms with van der Waals surface area (Å²) >= 11 is 3.28. The number of nitrogens with zero attached hydrogens (tertiary/aromatic N) is 2. The molecule has 2 rings (SSSR count). The summed E-state index contributed by atoms with van der Waals surface area (Å²) in [5.74, 6) is 0.626. The molecule has 7 heteroatoms. The van der Waals surface area contributed by atoms with Crippen molar-refractivity contribution >= 4 is 27.6 Å². The van der Waals surface area contributed by atoms with E-state index in [1.807, 2.05) is 0 Å². The van der Waals surface area contributed by atoms with Gasteiger partial charge in [-0.05, 0) is 30.7 Å². The third kappa shape index (κ3) is 4.28. The minimum atomic E-state index is -0.383. The van der Waals surface area contributed by atoms with Gasteiger partial charge < -0.3 is 15.1 Å². The van der Waals surface area contributed by atoms with Crippen LogP contribution in [0, 0.1) is 11.7 Å². The van der Waals surface area contributed by atoms with Crippen molar-refractivity contribution in [2.45, 2.75) is 20.4 Å². The molecule has 0 unspecified atom stereocenters. The van der Waals surface area contributed by atoms with Gasteiger partial charge in [-0.15, -0.1) is 5.10 Å². The maximum absolute atomic E-state index is 13.6. The van der Waals surface area contributed by atoms with Crippen LogP contribution in [0.2, 0.25) is 0 Å². The lowest BCUT2D eigenvalue weighted by molar-refractivity contribution is 0.460. The first kappa shape index (κ1) is 14.9. The summed E-state index contributed by atoms with van der Waals surface area (Å²) in [5.41, 5.74) is 0.282. The van der Waals surface area contributed by atoms with Crippen molar-refractivity contribution in [1.82, 2.24) is 15.5 Å². The Hall–Kier alpha value is -1.47. The molecular formula is C13H16BrFN4O. The summed E-state index contributed by atoms with van der Waals surface area (Å²) in [6, 6.07) is 4.75. The standard InChI is InChI=1S/C13H16BrFN4O/c1-8(2)6-16-7-12-18-19-13(20-12)17-11-5-9(14)3-4-10(11)15/h3-5,8,16H,6-7H2,1-2H3,(H,17,19). The second kappa shape index (κ2) is 6.81. The molecule has 5 nitrogen and oxygen atoms in total. The van der Waals surface area contributed by atoms with E-state index in [4.69, 9.17) is 4.42 Å². The van der Waals surface area contributed by atoms with E-state index in [1.54, 1.807) is 12.1 Å². The first-order valence-corrected chi connectivity index (χ1v) is 7.09. The average Bonchev–Trinajstić information content (AvgIpc) is 2.81. The van der Waals surface area contributed by atoms with Crippen molar-refractivity contribution in [2.24, 2.45) is 5.92 Å². The van der Waals surface area contributed by atoms with Crippen molar-refractivity contribution in [2.75, 3.05) is 11.9 Å². The van der Waals surface area contributed by atoms with Crippen molar-refractivity contribution in [3.63, 3.8) is 0 Å². The van der Waals surface area contributed by atoms with Gasteiger partial charge >= 0.3 is 6.01 Å². The highest BCUT2D eigenvalue weighted by Gasteiger charge is 2.09. The van der Waals surface area contributed by atoms with E-state index in [2.05, 4.69) is 50.6 Å². The molecule has 0 aliphatic heterocycles. The zero-order chi connectivity index (χ0) is 14.5. The summed E-state index contributed by atoms with van der Waals surface area (Å²) in [5, 5.41) is 13.7. The Kier molecular flexibility index (Phi) is 5.08. The first-order valence-electron chi connectivity index (χ1n) is 6.30. The number of aromatic nitrogens is 2. The summed E-state index contributed by atoms with van der Waals surface area (Å²) in [6.07, 6.45) is 0. The van der Waals surface area contributed by atoms with Crippen LogP contribution in [0.15, 0.2) is 27.1 Å². The highest BCUT2D eigenvalue weighted by molar-refractivity contribution is 9.10. The van der Waals surface area contributed by atoms with Gasteiger partial charge in [0, 0.05) is 4.47 Å². The Morgan fingerprint density at radius 1 is 1.35 bits per heavy atom. The van der Waals surface area contributed by atoms with Crippen molar-refractivity contribution < 1.29 is 8.81 Å². The molecule has 0 fully saturated rings. The van der Waals surface area contributed by atoms with Gasteiger partial charge in [0.05, 0.1) is 12.2 Å². The van der Waals surface area contributed by atoms with Crippen LogP contribution in [0.1, 0.15) is 19.7 Å². The van der Waals surface area contributed by atoms with Crippen LogP contribution >= 0.6 is 15.9 Å². The number of halogens is 2. The van der Waals surface area contributed by atoms with Crippen LogP contribution in [0.25, 0.3) is 0 Å². The summed E-state index contributed by atoms with van der Waals surface area (Å²) in [4.78, 5) is 0. The number of hydrogen-bond donors (Lipinski definition) is 2. The van der Waals surface area contributed by atoms with Crippen LogP contribution in [0.5, 0.6) is 0 Å². The van der Waals surface area contributed by atoms with Crippen LogP contribution in [-0.2, 0) is 6.54 Å². The molecule has 0 aliphatic rings. The highest BCUT2D eigenvalue weighted by Crippen LogP contribution is 2.23. The molecular weight excluding hydrogens is 327 g/mol. The van der Waals surface area contributed by atoms with Crippen LogP contribution in [-0.4, -0.2) is 16.7 Å². The lowest BCUT2D eigenvalue weighted by atomic mass is 10.2. The summed E-state index contributed by atoms with van der Waals surface area (Å²) in [6.45, 7) is 5.59. The van der Waals surface area contributed by atoms with Gasteiger partial charge in [-0.25, -0.2) is 4.39 Å². The number of nitrogens with one attached hydrogen (secondary N) is 2. The van der Waals surface area contributed by atoms with Crippen molar-refractivity contribution in [3.05, 3.63) is 34.4 Å². The molecule has 0 aliphatic carbocycles. The fourth-order valence-electron chi connectivity index (χ4n) is 1.55. The molecule has 0 saturated carbocycles. The predicted octanol–water partition coefficient (Wildman–Crippen LogP) is 3.46. The van der Waals surface area contributed by atoms with Gasteiger partial charge in [0.1, 0.15) is 5.82 Å². The minimum Gasteiger partial charge on any atom is -0.406 e. The smallest absolute Gasteiger partial charge is 0.320 e. The second-order valence-electron chi connectivity index (χ2n) is 4.77. The number of hydrogen-bond acceptors (Lipinski definition) is 5. The SMILES string of the molecule is CC(C)CNCc1nnc(Nc2cc(Br)ccc2F)o1. The molecule has 2 aromatic rings. The number of benzene rings is 1. The zero-order valence-corrected chi connectivity index (χ0v) is 12.9. The molecule has 1 heterocycles. The Morgan fingerprint density at radius 3 is 2.90 bits per heavy atom. The summed E-state index contributed by atoms with van der Waals surface area (Å²) in [7, 11) is 0. The quantitative estimate of drug-likeness (QED) is 0.841. The molecule has 1 aromatic carbocycles. The maximum atomic E-state index is 13.6. The Bertz CT molecular complexity index is 573. The second-order valence-corrected chi connectivity index (χ2v) is 5.69. The van der Waals surface area contributed by atoms with Gasteiger partial charge in [0.15, 0.2) is 0 Å². The fourth-order valence-corrected chi connectivity index (χ4v) is 1.91. The largest absolute Gasteiger partial charge is 0.406 e. The molecule has 0 spiro atoms. The van der Waals surface area contributed by atoms with Crippen molar-refractivity contribution in [1.29, 1.82) is 0 Å². The maximum Gasteiger partial charge on any atom is 0.320 e. The van der Waals surface area contributed by atoms with Gasteiger partial charge in [0.2, 0.25) is 5.89 Å². The molecule has 20 heavy (non-hydrogen) atoms. The molecule has 2 N–H and O–H groups in total. The summed E-state index contributed by atoms with van der Waals surface area (Å²) < 4.78 is 19.7. The van der Waals surface area contributed by atoms with Gasteiger partial charge in [0.25, 0.3) is 0 Å². The Morgan fingerprint density at radius 2 is 2.15 bits per heavy atom. The molecule has 1 aromatic heterocycles. The van der Waals surface area contributed by atoms with E-state index < -0.39 is 0 Å². The van der Waals surface area contributed by atoms with E-state index in [-0.39, 0.29) is 17.5 Å². The number of rotatable bonds is 6. The van der Waals surface area contributed by atoms with E-state index >= 15 is 0 Å². The lowest BCUT2D eigenvalue weighted by Crippen LogP contribution is -2.19. The average molecular weight is 343 g/mol. The van der Waals surface area contributed by atoms with Crippen molar-refractivity contribution in [3.8, 4) is 0 Å². The zero-order valence-electron chi connectivity index (χ0n) is 11.3. The van der Waals surface area contributed by atoms with Crippen LogP contribution in [0.4, 0.5) is 16.1 Å². The Labute approximate surface area is 125 Å². The Balaban J connectivity index is 1.97. The molecule has 0 radical (unpaired) electrons. The van der Waals surface area contributed by atoms with Crippen LogP contribution < -0.4 is 10.6 Å². The molecule has 0 bridgehead atoms. The molecule has 0 amide bonds. The van der Waals surface area contributed by atoms with Gasteiger partial charge in [-0.3, -0.25) is 0 Å². The minimum absolute atomic E-state index is 0.170. The lowest BCUT2D eigenvalue weighted by Gasteiger charge is -2.04.